The lowest BCUT2D eigenvalue weighted by Crippen LogP contribution is -2.16. The van der Waals surface area contributed by atoms with Gasteiger partial charge in [-0.1, -0.05) is 30.3 Å². The highest BCUT2D eigenvalue weighted by Crippen LogP contribution is 2.31. The van der Waals surface area contributed by atoms with E-state index in [1.165, 1.54) is 18.3 Å². The van der Waals surface area contributed by atoms with E-state index >= 15 is 0 Å². The predicted octanol–water partition coefficient (Wildman–Crippen LogP) is 3.37. The van der Waals surface area contributed by atoms with Crippen molar-refractivity contribution >= 4 is 45.7 Å². The van der Waals surface area contributed by atoms with Gasteiger partial charge in [0.1, 0.15) is 5.75 Å². The second-order valence-electron chi connectivity index (χ2n) is 6.51. The molecule has 0 fully saturated rings. The molecule has 3 N–H and O–H groups in total. The Morgan fingerprint density at radius 3 is 2.58 bits per heavy atom. The van der Waals surface area contributed by atoms with E-state index in [4.69, 9.17) is 0 Å². The van der Waals surface area contributed by atoms with Crippen molar-refractivity contribution in [3.8, 4) is 5.75 Å². The Balaban J connectivity index is 1.79. The molecular weight excluding hydrogens is 468 g/mol. The van der Waals surface area contributed by atoms with Gasteiger partial charge in [-0.25, -0.2) is 5.43 Å². The van der Waals surface area contributed by atoms with E-state index in [2.05, 4.69) is 46.7 Å². The fourth-order valence-corrected chi connectivity index (χ4v) is 2.90. The van der Waals surface area contributed by atoms with Crippen LogP contribution in [0.1, 0.15) is 11.1 Å². The second kappa shape index (κ2) is 9.80. The normalized spacial score (nSPS) is 10.8. The molecule has 0 saturated heterocycles. The highest BCUT2D eigenvalue weighted by molar-refractivity contribution is 9.10. The molecule has 31 heavy (non-hydrogen) atoms. The zero-order valence-corrected chi connectivity index (χ0v) is 18.2. The first-order valence-electron chi connectivity index (χ1n) is 9.00. The van der Waals surface area contributed by atoms with Gasteiger partial charge in [0, 0.05) is 38.3 Å². The van der Waals surface area contributed by atoms with Crippen molar-refractivity contribution in [1.29, 1.82) is 0 Å². The molecule has 0 amide bonds. The van der Waals surface area contributed by atoms with E-state index in [0.29, 0.717) is 18.4 Å². The molecule has 0 atom stereocenters. The van der Waals surface area contributed by atoms with E-state index in [1.807, 2.05) is 30.3 Å². The Hall–Kier alpha value is -3.80. The van der Waals surface area contributed by atoms with E-state index in [9.17, 15) is 15.2 Å². The average molecular weight is 487 g/mol. The number of hydrogen-bond acceptors (Lipinski definition) is 10. The Labute approximate surface area is 186 Å². The molecule has 1 aromatic heterocycles. The Morgan fingerprint density at radius 1 is 1.19 bits per heavy atom. The van der Waals surface area contributed by atoms with Gasteiger partial charge in [-0.15, -0.1) is 0 Å². The summed E-state index contributed by atoms with van der Waals surface area (Å²) in [5.74, 6) is 0.742. The van der Waals surface area contributed by atoms with Gasteiger partial charge in [-0.05, 0) is 21.5 Å². The second-order valence-corrected chi connectivity index (χ2v) is 7.36. The minimum Gasteiger partial charge on any atom is -0.506 e. The summed E-state index contributed by atoms with van der Waals surface area (Å²) in [6.45, 7) is 0.524. The number of aromatic nitrogens is 3. The van der Waals surface area contributed by atoms with Crippen LogP contribution in [-0.4, -0.2) is 45.3 Å². The number of nitro groups is 1. The van der Waals surface area contributed by atoms with Crippen LogP contribution in [0.4, 0.5) is 23.5 Å². The molecule has 0 radical (unpaired) electrons. The summed E-state index contributed by atoms with van der Waals surface area (Å²) in [4.78, 5) is 25.1. The summed E-state index contributed by atoms with van der Waals surface area (Å²) < 4.78 is 0.186. The van der Waals surface area contributed by atoms with E-state index in [0.717, 1.165) is 5.56 Å². The van der Waals surface area contributed by atoms with Gasteiger partial charge >= 0.3 is 0 Å². The number of phenols is 1. The zero-order valence-electron chi connectivity index (χ0n) is 16.7. The molecule has 0 unspecified atom stereocenters. The number of benzene rings is 2. The van der Waals surface area contributed by atoms with Gasteiger partial charge in [0.25, 0.3) is 5.69 Å². The average Bonchev–Trinajstić information content (AvgIpc) is 2.75. The maximum Gasteiger partial charge on any atom is 0.271 e. The van der Waals surface area contributed by atoms with Crippen molar-refractivity contribution in [2.24, 2.45) is 5.10 Å². The standard InChI is InChI=1S/C19H19BrN8O3/c1-27(2)19-24-17(21-10-12-6-4-3-5-7-12)23-18(25-19)26-22-11-13-8-14(28(30)31)9-15(20)16(13)29/h3-9,11,29H,10H2,1-2H3,(H2,21,23,24,25,26)/b22-11-. The molecular formula is C19H19BrN8O3. The van der Waals surface area contributed by atoms with Gasteiger partial charge in [0.15, 0.2) is 0 Å². The summed E-state index contributed by atoms with van der Waals surface area (Å²) in [5.41, 5.74) is 3.69. The Morgan fingerprint density at radius 2 is 1.90 bits per heavy atom. The van der Waals surface area contributed by atoms with Gasteiger partial charge in [0.05, 0.1) is 15.6 Å². The minimum atomic E-state index is -0.561. The SMILES string of the molecule is CN(C)c1nc(NCc2ccccc2)nc(N/N=C\c2cc([N+](=O)[O-])cc(Br)c2O)n1. The van der Waals surface area contributed by atoms with Crippen LogP contribution >= 0.6 is 15.9 Å². The molecule has 3 aromatic rings. The van der Waals surface area contributed by atoms with Gasteiger partial charge < -0.3 is 15.3 Å². The number of halogens is 1. The smallest absolute Gasteiger partial charge is 0.271 e. The number of hydrazone groups is 1. The molecule has 0 aliphatic carbocycles. The number of nitro benzene ring substituents is 1. The van der Waals surface area contributed by atoms with Gasteiger partial charge in [-0.3, -0.25) is 10.1 Å². The monoisotopic (exact) mass is 486 g/mol. The van der Waals surface area contributed by atoms with Crippen LogP contribution in [0, 0.1) is 10.1 Å². The summed E-state index contributed by atoms with van der Waals surface area (Å²) >= 11 is 3.09. The third-order valence-corrected chi connectivity index (χ3v) is 4.58. The molecule has 0 aliphatic heterocycles. The van der Waals surface area contributed by atoms with Crippen LogP contribution in [0.5, 0.6) is 5.75 Å². The third kappa shape index (κ3) is 5.85. The van der Waals surface area contributed by atoms with Crippen molar-refractivity contribution in [2.45, 2.75) is 6.54 Å². The number of rotatable bonds is 8. The quantitative estimate of drug-likeness (QED) is 0.248. The number of anilines is 3. The first kappa shape index (κ1) is 21.9. The number of nitrogens with one attached hydrogen (secondary N) is 2. The molecule has 12 heteroatoms. The zero-order chi connectivity index (χ0) is 22.4. The molecule has 11 nitrogen and oxygen atoms in total. The predicted molar refractivity (Wildman–Crippen MR) is 122 cm³/mol. The first-order valence-corrected chi connectivity index (χ1v) is 9.80. The molecule has 0 spiro atoms. The maximum atomic E-state index is 11.0. The topological polar surface area (TPSA) is 142 Å². The number of hydrogen-bond donors (Lipinski definition) is 3. The highest BCUT2D eigenvalue weighted by Gasteiger charge is 2.14. The fraction of sp³-hybridized carbons (Fsp3) is 0.158. The lowest BCUT2D eigenvalue weighted by atomic mass is 10.2. The molecule has 0 bridgehead atoms. The van der Waals surface area contributed by atoms with Crippen molar-refractivity contribution in [3.05, 3.63) is 68.2 Å². The fourth-order valence-electron chi connectivity index (χ4n) is 2.44. The number of phenolic OH excluding ortho intramolecular Hbond substituents is 1. The molecule has 0 saturated carbocycles. The van der Waals surface area contributed by atoms with Gasteiger partial charge in [0.2, 0.25) is 17.8 Å². The van der Waals surface area contributed by atoms with Crippen molar-refractivity contribution in [2.75, 3.05) is 29.7 Å². The highest BCUT2D eigenvalue weighted by atomic mass is 79.9. The van der Waals surface area contributed by atoms with Crippen LogP contribution < -0.4 is 15.6 Å². The number of aromatic hydroxyl groups is 1. The van der Waals surface area contributed by atoms with E-state index in [1.54, 1.807) is 19.0 Å². The van der Waals surface area contributed by atoms with Crippen LogP contribution in [0.2, 0.25) is 0 Å². The maximum absolute atomic E-state index is 11.0. The molecule has 1 heterocycles. The molecule has 2 aromatic carbocycles. The minimum absolute atomic E-state index is 0.151. The summed E-state index contributed by atoms with van der Waals surface area (Å²) in [7, 11) is 3.59. The summed E-state index contributed by atoms with van der Waals surface area (Å²) in [6, 6.07) is 12.2. The van der Waals surface area contributed by atoms with Crippen molar-refractivity contribution in [1.82, 2.24) is 15.0 Å². The largest absolute Gasteiger partial charge is 0.506 e. The third-order valence-electron chi connectivity index (χ3n) is 3.97. The summed E-state index contributed by atoms with van der Waals surface area (Å²) in [5, 5.41) is 28.2. The lowest BCUT2D eigenvalue weighted by molar-refractivity contribution is -0.385. The lowest BCUT2D eigenvalue weighted by Gasteiger charge is -2.13. The van der Waals surface area contributed by atoms with E-state index < -0.39 is 4.92 Å². The molecule has 3 rings (SSSR count). The number of nitrogens with zero attached hydrogens (tertiary/aromatic N) is 6. The van der Waals surface area contributed by atoms with E-state index in [-0.39, 0.29) is 27.4 Å². The summed E-state index contributed by atoms with van der Waals surface area (Å²) in [6.07, 6.45) is 1.24. The molecule has 160 valence electrons. The molecule has 0 aliphatic rings. The van der Waals surface area contributed by atoms with Crippen molar-refractivity contribution in [3.63, 3.8) is 0 Å². The van der Waals surface area contributed by atoms with Crippen LogP contribution in [0.15, 0.2) is 52.0 Å². The van der Waals surface area contributed by atoms with Crippen LogP contribution in [0.3, 0.4) is 0 Å². The Kier molecular flexibility index (Phi) is 6.92. The van der Waals surface area contributed by atoms with Crippen LogP contribution in [-0.2, 0) is 6.54 Å². The van der Waals surface area contributed by atoms with Crippen molar-refractivity contribution < 1.29 is 10.0 Å². The number of non-ortho nitro benzene ring substituents is 1. The Bertz CT molecular complexity index is 1110. The first-order chi connectivity index (χ1) is 14.8. The van der Waals surface area contributed by atoms with Crippen LogP contribution in [0.25, 0.3) is 0 Å². The van der Waals surface area contributed by atoms with Gasteiger partial charge in [-0.2, -0.15) is 20.1 Å².